The van der Waals surface area contributed by atoms with E-state index in [-0.39, 0.29) is 5.82 Å². The predicted octanol–water partition coefficient (Wildman–Crippen LogP) is 3.79. The minimum atomic E-state index is -0.797. The number of halogens is 2. The molecule has 34 heavy (non-hydrogen) atoms. The number of rotatable bonds is 5. The van der Waals surface area contributed by atoms with Gasteiger partial charge in [0.15, 0.2) is 17.5 Å². The molecule has 10 heteroatoms. The molecule has 1 aliphatic carbocycles. The van der Waals surface area contributed by atoms with Crippen LogP contribution in [0.4, 0.5) is 26.2 Å². The monoisotopic (exact) mass is 460 g/mol. The van der Waals surface area contributed by atoms with Crippen molar-refractivity contribution in [1.82, 2.24) is 30.2 Å². The van der Waals surface area contributed by atoms with Crippen LogP contribution in [-0.2, 0) is 0 Å². The van der Waals surface area contributed by atoms with Crippen molar-refractivity contribution in [2.45, 2.75) is 18.8 Å². The van der Waals surface area contributed by atoms with Crippen molar-refractivity contribution in [3.8, 4) is 11.4 Å². The van der Waals surface area contributed by atoms with Crippen molar-refractivity contribution in [1.29, 1.82) is 0 Å². The summed E-state index contributed by atoms with van der Waals surface area (Å²) in [7, 11) is 0. The minimum Gasteiger partial charge on any atom is -0.353 e. The maximum absolute atomic E-state index is 14.1. The highest BCUT2D eigenvalue weighted by Gasteiger charge is 2.29. The van der Waals surface area contributed by atoms with Crippen LogP contribution in [0.3, 0.4) is 0 Å². The van der Waals surface area contributed by atoms with Gasteiger partial charge in [-0.15, -0.1) is 0 Å². The Kier molecular flexibility index (Phi) is 5.21. The molecule has 2 N–H and O–H groups in total. The molecule has 0 amide bonds. The molecule has 0 atom stereocenters. The lowest BCUT2D eigenvalue weighted by Gasteiger charge is -2.30. The van der Waals surface area contributed by atoms with Crippen LogP contribution in [0.25, 0.3) is 22.3 Å². The second kappa shape index (κ2) is 8.53. The van der Waals surface area contributed by atoms with Gasteiger partial charge in [0.2, 0.25) is 0 Å². The lowest BCUT2D eigenvalue weighted by atomic mass is 10.1. The Balaban J connectivity index is 1.43. The Morgan fingerprint density at radius 3 is 2.65 bits per heavy atom. The van der Waals surface area contributed by atoms with E-state index >= 15 is 0 Å². The average Bonchev–Trinajstić information content (AvgIpc) is 3.71. The lowest BCUT2D eigenvalue weighted by Crippen LogP contribution is -2.44. The Morgan fingerprint density at radius 2 is 1.85 bits per heavy atom. The van der Waals surface area contributed by atoms with Crippen molar-refractivity contribution in [2.75, 3.05) is 36.4 Å². The second-order valence-electron chi connectivity index (χ2n) is 8.54. The van der Waals surface area contributed by atoms with Gasteiger partial charge in [0, 0.05) is 55.6 Å². The molecule has 2 fully saturated rings. The molecule has 2 aliphatic rings. The van der Waals surface area contributed by atoms with Gasteiger partial charge in [0.25, 0.3) is 0 Å². The van der Waals surface area contributed by atoms with Gasteiger partial charge >= 0.3 is 0 Å². The molecule has 6 rings (SSSR count). The SMILES string of the molecule is Fc1cnc(Nc2cc(-c3nc(N4CCNCC4)c4c(C5CC5)cncc4n3)ccn2)c(F)c1. The molecule has 0 radical (unpaired) electrons. The van der Waals surface area contributed by atoms with Crippen LogP contribution in [0.5, 0.6) is 0 Å². The molecular formula is C24H22F2N8. The zero-order valence-corrected chi connectivity index (χ0v) is 18.3. The van der Waals surface area contributed by atoms with Crippen LogP contribution in [0.1, 0.15) is 24.3 Å². The standard InChI is InChI=1S/C24H22F2N8/c25-16-10-18(26)23(30-11-16)32-20-9-15(3-4-29-20)22-31-19-13-28-12-17(14-1-2-14)21(19)24(33-22)34-7-5-27-6-8-34/h3-4,9-14,27H,1-2,5-8H2,(H,29,30,32). The van der Waals surface area contributed by atoms with E-state index < -0.39 is 11.6 Å². The van der Waals surface area contributed by atoms with Gasteiger partial charge in [-0.25, -0.2) is 28.7 Å². The first kappa shape index (κ1) is 20.8. The summed E-state index contributed by atoms with van der Waals surface area (Å²) in [4.78, 5) is 24.6. The molecule has 5 heterocycles. The highest BCUT2D eigenvalue weighted by molar-refractivity contribution is 5.94. The van der Waals surface area contributed by atoms with Gasteiger partial charge < -0.3 is 15.5 Å². The van der Waals surface area contributed by atoms with Gasteiger partial charge in [-0.3, -0.25) is 4.98 Å². The molecule has 0 unspecified atom stereocenters. The van der Waals surface area contributed by atoms with E-state index in [1.807, 2.05) is 6.20 Å². The molecule has 0 aromatic carbocycles. The van der Waals surface area contributed by atoms with Crippen LogP contribution in [0.2, 0.25) is 0 Å². The molecule has 0 spiro atoms. The highest BCUT2D eigenvalue weighted by Crippen LogP contribution is 2.44. The smallest absolute Gasteiger partial charge is 0.168 e. The van der Waals surface area contributed by atoms with Crippen molar-refractivity contribution in [3.05, 3.63) is 60.2 Å². The third-order valence-corrected chi connectivity index (χ3v) is 6.12. The van der Waals surface area contributed by atoms with E-state index in [1.165, 1.54) is 5.56 Å². The zero-order valence-electron chi connectivity index (χ0n) is 18.3. The zero-order chi connectivity index (χ0) is 23.1. The Hall–Kier alpha value is -3.79. The Labute approximate surface area is 194 Å². The largest absolute Gasteiger partial charge is 0.353 e. The number of hydrogen-bond donors (Lipinski definition) is 2. The summed E-state index contributed by atoms with van der Waals surface area (Å²) < 4.78 is 27.3. The van der Waals surface area contributed by atoms with Crippen molar-refractivity contribution >= 4 is 28.4 Å². The Bertz CT molecular complexity index is 1370. The number of pyridine rings is 3. The Morgan fingerprint density at radius 1 is 1.00 bits per heavy atom. The molecular weight excluding hydrogens is 438 g/mol. The van der Waals surface area contributed by atoms with E-state index in [4.69, 9.17) is 9.97 Å². The van der Waals surface area contributed by atoms with E-state index in [1.54, 1.807) is 24.5 Å². The number of anilines is 3. The maximum atomic E-state index is 14.1. The van der Waals surface area contributed by atoms with Gasteiger partial charge in [-0.2, -0.15) is 0 Å². The van der Waals surface area contributed by atoms with Crippen molar-refractivity contribution < 1.29 is 8.78 Å². The van der Waals surface area contributed by atoms with Crippen LogP contribution in [0, 0.1) is 11.6 Å². The number of piperazine rings is 1. The normalized spacial score (nSPS) is 16.1. The third kappa shape index (κ3) is 4.01. The number of nitrogens with zero attached hydrogens (tertiary/aromatic N) is 6. The van der Waals surface area contributed by atoms with Crippen LogP contribution < -0.4 is 15.5 Å². The van der Waals surface area contributed by atoms with Crippen LogP contribution in [-0.4, -0.2) is 51.1 Å². The summed E-state index contributed by atoms with van der Waals surface area (Å²) >= 11 is 0. The van der Waals surface area contributed by atoms with E-state index in [9.17, 15) is 8.78 Å². The van der Waals surface area contributed by atoms with Gasteiger partial charge in [0.1, 0.15) is 17.5 Å². The summed E-state index contributed by atoms with van der Waals surface area (Å²) in [6.45, 7) is 3.50. The fourth-order valence-electron chi connectivity index (χ4n) is 4.29. The van der Waals surface area contributed by atoms with E-state index in [2.05, 4.69) is 30.5 Å². The second-order valence-corrected chi connectivity index (χ2v) is 8.54. The minimum absolute atomic E-state index is 0.106. The topological polar surface area (TPSA) is 91.8 Å². The first-order valence-corrected chi connectivity index (χ1v) is 11.3. The first-order valence-electron chi connectivity index (χ1n) is 11.3. The summed E-state index contributed by atoms with van der Waals surface area (Å²) in [6, 6.07) is 4.31. The fourth-order valence-corrected chi connectivity index (χ4v) is 4.29. The number of hydrogen-bond acceptors (Lipinski definition) is 8. The van der Waals surface area contributed by atoms with Gasteiger partial charge in [0.05, 0.1) is 17.9 Å². The quantitative estimate of drug-likeness (QED) is 0.465. The molecule has 172 valence electrons. The van der Waals surface area contributed by atoms with Gasteiger partial charge in [-0.1, -0.05) is 0 Å². The summed E-state index contributed by atoms with van der Waals surface area (Å²) in [5, 5.41) is 7.28. The van der Waals surface area contributed by atoms with Crippen LogP contribution in [0.15, 0.2) is 43.0 Å². The fraction of sp³-hybridized carbons (Fsp3) is 0.292. The molecule has 1 saturated carbocycles. The summed E-state index contributed by atoms with van der Waals surface area (Å²) in [5.74, 6) is 0.681. The lowest BCUT2D eigenvalue weighted by molar-refractivity contribution is 0.576. The molecule has 4 aromatic rings. The predicted molar refractivity (Wildman–Crippen MR) is 125 cm³/mol. The maximum Gasteiger partial charge on any atom is 0.168 e. The molecule has 1 aliphatic heterocycles. The van der Waals surface area contributed by atoms with E-state index in [0.29, 0.717) is 17.6 Å². The summed E-state index contributed by atoms with van der Waals surface area (Å²) in [6.07, 6.45) is 8.61. The average molecular weight is 460 g/mol. The van der Waals surface area contributed by atoms with Crippen LogP contribution >= 0.6 is 0 Å². The first-order chi connectivity index (χ1) is 16.7. The van der Waals surface area contributed by atoms with E-state index in [0.717, 1.165) is 73.6 Å². The van der Waals surface area contributed by atoms with Gasteiger partial charge in [-0.05, 0) is 36.5 Å². The summed E-state index contributed by atoms with van der Waals surface area (Å²) in [5.41, 5.74) is 2.74. The number of aromatic nitrogens is 5. The third-order valence-electron chi connectivity index (χ3n) is 6.12. The molecule has 4 aromatic heterocycles. The molecule has 8 nitrogen and oxygen atoms in total. The highest BCUT2D eigenvalue weighted by atomic mass is 19.1. The number of fused-ring (bicyclic) bond motifs is 1. The van der Waals surface area contributed by atoms with Crippen molar-refractivity contribution in [3.63, 3.8) is 0 Å². The molecule has 0 bridgehead atoms. The molecule has 1 saturated heterocycles. The number of nitrogens with one attached hydrogen (secondary N) is 2. The van der Waals surface area contributed by atoms with Crippen molar-refractivity contribution in [2.24, 2.45) is 0 Å².